The second-order valence-electron chi connectivity index (χ2n) is 6.59. The van der Waals surface area contributed by atoms with E-state index in [0.717, 1.165) is 11.1 Å². The number of nitrogens with zero attached hydrogens (tertiary/aromatic N) is 6. The van der Waals surface area contributed by atoms with E-state index in [4.69, 9.17) is 0 Å². The van der Waals surface area contributed by atoms with Gasteiger partial charge in [0.15, 0.2) is 0 Å². The standard InChI is InChI=1S/2C13H11N3O.Cu/c2*17-13(12-4-2-1-3-5-12)16-15-10-11-6-8-14-9-7-11;/h2*1-10H,(H,16,17);/q;;+2/p-2/b2*15-10-;. The molecule has 0 spiro atoms. The zero-order valence-electron chi connectivity index (χ0n) is 18.3. The number of hydrogen-bond acceptors (Lipinski definition) is 8. The summed E-state index contributed by atoms with van der Waals surface area (Å²) in [4.78, 5) is 7.75. The molecule has 0 N–H and O–H groups in total. The van der Waals surface area contributed by atoms with E-state index in [2.05, 4.69) is 30.4 Å². The van der Waals surface area contributed by atoms with Gasteiger partial charge in [0.25, 0.3) is 0 Å². The van der Waals surface area contributed by atoms with E-state index >= 15 is 0 Å². The summed E-state index contributed by atoms with van der Waals surface area (Å²) < 4.78 is 0. The van der Waals surface area contributed by atoms with Crippen LogP contribution < -0.4 is 10.2 Å². The van der Waals surface area contributed by atoms with Crippen molar-refractivity contribution < 1.29 is 27.3 Å². The van der Waals surface area contributed by atoms with Gasteiger partial charge >= 0.3 is 17.1 Å². The number of pyridine rings is 2. The molecule has 0 saturated carbocycles. The van der Waals surface area contributed by atoms with E-state index in [-0.39, 0.29) is 28.9 Å². The van der Waals surface area contributed by atoms with Crippen LogP contribution >= 0.6 is 0 Å². The first-order chi connectivity index (χ1) is 16.7. The molecule has 4 aromatic rings. The molecule has 4 rings (SSSR count). The molecule has 35 heavy (non-hydrogen) atoms. The minimum absolute atomic E-state index is 0. The largest absolute Gasteiger partial charge is 2.00 e. The summed E-state index contributed by atoms with van der Waals surface area (Å²) in [7, 11) is 0. The first-order valence-electron chi connectivity index (χ1n) is 10.2. The van der Waals surface area contributed by atoms with Gasteiger partial charge < -0.3 is 10.2 Å². The van der Waals surface area contributed by atoms with Crippen LogP contribution in [0.2, 0.25) is 0 Å². The minimum Gasteiger partial charge on any atom is -0.857 e. The second-order valence-corrected chi connectivity index (χ2v) is 6.59. The average Bonchev–Trinajstić information content (AvgIpc) is 2.91. The Hall–Kier alpha value is -4.46. The van der Waals surface area contributed by atoms with Crippen LogP contribution in [-0.4, -0.2) is 34.2 Å². The Kier molecular flexibility index (Phi) is 11.8. The van der Waals surface area contributed by atoms with E-state index in [1.807, 2.05) is 12.1 Å². The predicted molar refractivity (Wildman–Crippen MR) is 130 cm³/mol. The molecular weight excluding hydrogens is 492 g/mol. The fourth-order valence-electron chi connectivity index (χ4n) is 2.47. The van der Waals surface area contributed by atoms with Crippen LogP contribution in [0, 0.1) is 0 Å². The molecule has 0 atom stereocenters. The molecule has 8 nitrogen and oxygen atoms in total. The molecular formula is C26H20CuN6O2. The number of benzene rings is 2. The molecule has 2 aromatic carbocycles. The van der Waals surface area contributed by atoms with Gasteiger partial charge in [0, 0.05) is 36.6 Å². The van der Waals surface area contributed by atoms with Gasteiger partial charge in [-0.25, -0.2) is 0 Å². The Bertz CT molecular complexity index is 1150. The SMILES string of the molecule is [Cu+2].[O-]/C(=N\N=C/c1ccncc1)c1ccccc1.[O-]/C(=N\N=C/c1ccncc1)c1ccccc1. The molecule has 0 amide bonds. The van der Waals surface area contributed by atoms with Crippen molar-refractivity contribution in [1.29, 1.82) is 0 Å². The molecule has 2 heterocycles. The van der Waals surface area contributed by atoms with Crippen molar-refractivity contribution in [2.75, 3.05) is 0 Å². The third-order valence-electron chi connectivity index (χ3n) is 4.16. The summed E-state index contributed by atoms with van der Waals surface area (Å²) in [6.45, 7) is 0. The second kappa shape index (κ2) is 15.4. The summed E-state index contributed by atoms with van der Waals surface area (Å²) in [5, 5.41) is 37.8. The van der Waals surface area contributed by atoms with Gasteiger partial charge in [0.2, 0.25) is 0 Å². The topological polar surface area (TPSA) is 121 Å². The Morgan fingerprint density at radius 2 is 0.886 bits per heavy atom. The van der Waals surface area contributed by atoms with Crippen LogP contribution in [0.15, 0.2) is 130 Å². The van der Waals surface area contributed by atoms with Crippen molar-refractivity contribution in [3.8, 4) is 0 Å². The minimum atomic E-state index is -0.351. The molecule has 2 aromatic heterocycles. The quantitative estimate of drug-likeness (QED) is 0.171. The van der Waals surface area contributed by atoms with E-state index in [1.165, 1.54) is 12.4 Å². The maximum absolute atomic E-state index is 11.5. The predicted octanol–water partition coefficient (Wildman–Crippen LogP) is 2.44. The van der Waals surface area contributed by atoms with Gasteiger partial charge in [0.1, 0.15) is 0 Å². The van der Waals surface area contributed by atoms with E-state index in [0.29, 0.717) is 11.1 Å². The molecule has 0 unspecified atom stereocenters. The van der Waals surface area contributed by atoms with Crippen molar-refractivity contribution in [1.82, 2.24) is 9.97 Å². The van der Waals surface area contributed by atoms with Gasteiger partial charge in [-0.15, -0.1) is 0 Å². The Morgan fingerprint density at radius 1 is 0.543 bits per heavy atom. The average molecular weight is 512 g/mol. The first kappa shape index (κ1) is 26.8. The van der Waals surface area contributed by atoms with Gasteiger partial charge in [-0.3, -0.25) is 9.97 Å². The maximum atomic E-state index is 11.5. The summed E-state index contributed by atoms with van der Waals surface area (Å²) in [6.07, 6.45) is 9.65. The molecule has 9 heteroatoms. The van der Waals surface area contributed by atoms with Crippen LogP contribution in [0.25, 0.3) is 0 Å². The van der Waals surface area contributed by atoms with Crippen molar-refractivity contribution in [3.05, 3.63) is 132 Å². The van der Waals surface area contributed by atoms with Crippen LogP contribution in [0.1, 0.15) is 22.3 Å². The van der Waals surface area contributed by atoms with Crippen molar-refractivity contribution >= 4 is 24.2 Å². The number of hydrogen-bond donors (Lipinski definition) is 0. The molecule has 0 fully saturated rings. The Morgan fingerprint density at radius 3 is 1.23 bits per heavy atom. The fourth-order valence-corrected chi connectivity index (χ4v) is 2.47. The molecule has 0 saturated heterocycles. The van der Waals surface area contributed by atoms with E-state index in [1.54, 1.807) is 97.6 Å². The van der Waals surface area contributed by atoms with Gasteiger partial charge in [-0.05, 0) is 46.5 Å². The fraction of sp³-hybridized carbons (Fsp3) is 0. The van der Waals surface area contributed by atoms with Crippen molar-refractivity contribution in [2.24, 2.45) is 20.4 Å². The summed E-state index contributed by atoms with van der Waals surface area (Å²) >= 11 is 0. The number of rotatable bonds is 6. The maximum Gasteiger partial charge on any atom is 2.00 e. The Labute approximate surface area is 213 Å². The third kappa shape index (κ3) is 9.91. The zero-order valence-corrected chi connectivity index (χ0v) is 19.3. The molecule has 0 aliphatic carbocycles. The zero-order chi connectivity index (χ0) is 23.8. The summed E-state index contributed by atoms with van der Waals surface area (Å²) in [6, 6.07) is 24.8. The smallest absolute Gasteiger partial charge is 0.857 e. The number of aromatic nitrogens is 2. The summed E-state index contributed by atoms with van der Waals surface area (Å²) in [5.41, 5.74) is 2.76. The molecule has 0 aliphatic rings. The van der Waals surface area contributed by atoms with Gasteiger partial charge in [0.05, 0.1) is 12.4 Å². The van der Waals surface area contributed by atoms with E-state index in [9.17, 15) is 10.2 Å². The van der Waals surface area contributed by atoms with Gasteiger partial charge in [-0.1, -0.05) is 60.7 Å². The van der Waals surface area contributed by atoms with E-state index < -0.39 is 0 Å². The van der Waals surface area contributed by atoms with Gasteiger partial charge in [-0.2, -0.15) is 20.4 Å². The van der Waals surface area contributed by atoms with Crippen LogP contribution in [-0.2, 0) is 17.1 Å². The van der Waals surface area contributed by atoms with Crippen LogP contribution in [0.3, 0.4) is 0 Å². The van der Waals surface area contributed by atoms with Crippen molar-refractivity contribution in [3.63, 3.8) is 0 Å². The normalized spacial score (nSPS) is 11.5. The van der Waals surface area contributed by atoms with Crippen LogP contribution in [0.4, 0.5) is 0 Å². The molecule has 0 aliphatic heterocycles. The third-order valence-corrected chi connectivity index (χ3v) is 4.16. The molecule has 177 valence electrons. The monoisotopic (exact) mass is 511 g/mol. The molecule has 1 radical (unpaired) electrons. The Balaban J connectivity index is 0.000000240. The van der Waals surface area contributed by atoms with Crippen molar-refractivity contribution in [2.45, 2.75) is 0 Å². The molecule has 0 bridgehead atoms. The summed E-state index contributed by atoms with van der Waals surface area (Å²) in [5.74, 6) is -0.702. The van der Waals surface area contributed by atoms with Crippen LogP contribution in [0.5, 0.6) is 0 Å². The first-order valence-corrected chi connectivity index (χ1v) is 10.2.